The van der Waals surface area contributed by atoms with Crippen molar-refractivity contribution in [1.29, 1.82) is 5.26 Å². The molecule has 0 bridgehead atoms. The number of nitrogens with zero attached hydrogens (tertiary/aromatic N) is 2. The molecule has 7 heteroatoms. The second kappa shape index (κ2) is 5.68. The highest BCUT2D eigenvalue weighted by Gasteiger charge is 2.30. The van der Waals surface area contributed by atoms with Crippen LogP contribution >= 0.6 is 0 Å². The summed E-state index contributed by atoms with van der Waals surface area (Å²) >= 11 is 0. The molecule has 2 rings (SSSR count). The van der Waals surface area contributed by atoms with Crippen LogP contribution in [0.3, 0.4) is 0 Å². The zero-order valence-corrected chi connectivity index (χ0v) is 12.3. The fourth-order valence-electron chi connectivity index (χ4n) is 1.90. The van der Waals surface area contributed by atoms with Crippen molar-refractivity contribution in [3.8, 4) is 6.07 Å². The normalized spacial score (nSPS) is 13.1. The van der Waals surface area contributed by atoms with E-state index in [1.54, 1.807) is 25.1 Å². The molecule has 0 N–H and O–H groups in total. The first-order valence-electron chi connectivity index (χ1n) is 6.09. The predicted octanol–water partition coefficient (Wildman–Crippen LogP) is 2.67. The van der Waals surface area contributed by atoms with Crippen LogP contribution in [0.1, 0.15) is 24.3 Å². The van der Waals surface area contributed by atoms with E-state index in [0.29, 0.717) is 5.76 Å². The lowest BCUT2D eigenvalue weighted by molar-refractivity contribution is 0.339. The van der Waals surface area contributed by atoms with Gasteiger partial charge in [-0.05, 0) is 31.2 Å². The molecule has 5 nitrogen and oxygen atoms in total. The van der Waals surface area contributed by atoms with Gasteiger partial charge in [-0.1, -0.05) is 6.07 Å². The molecule has 21 heavy (non-hydrogen) atoms. The third-order valence-corrected chi connectivity index (χ3v) is 5.22. The van der Waals surface area contributed by atoms with Crippen molar-refractivity contribution in [2.24, 2.45) is 0 Å². The summed E-state index contributed by atoms with van der Waals surface area (Å²) in [6, 6.07) is 7.82. The fraction of sp³-hybridized carbons (Fsp3) is 0.214. The van der Waals surface area contributed by atoms with Crippen LogP contribution in [0.5, 0.6) is 0 Å². The monoisotopic (exact) mass is 308 g/mol. The lowest BCUT2D eigenvalue weighted by Crippen LogP contribution is -2.30. The van der Waals surface area contributed by atoms with Crippen LogP contribution in [0.2, 0.25) is 0 Å². The molecule has 1 heterocycles. The summed E-state index contributed by atoms with van der Waals surface area (Å²) in [6.07, 6.45) is 1.44. The summed E-state index contributed by atoms with van der Waals surface area (Å²) in [5.41, 5.74) is -0.490. The lowest BCUT2D eigenvalue weighted by atomic mass is 10.2. The molecule has 1 aromatic carbocycles. The molecular formula is C14H13FN2O3S. The lowest BCUT2D eigenvalue weighted by Gasteiger charge is -2.23. The molecule has 2 aromatic rings. The van der Waals surface area contributed by atoms with E-state index in [9.17, 15) is 12.8 Å². The quantitative estimate of drug-likeness (QED) is 0.870. The summed E-state index contributed by atoms with van der Waals surface area (Å²) in [4.78, 5) is -0.356. The summed E-state index contributed by atoms with van der Waals surface area (Å²) in [5.74, 6) is -0.409. The summed E-state index contributed by atoms with van der Waals surface area (Å²) in [5, 5.41) is 8.98. The topological polar surface area (TPSA) is 74.3 Å². The van der Waals surface area contributed by atoms with Crippen molar-refractivity contribution >= 4 is 10.0 Å². The Morgan fingerprint density at radius 1 is 1.33 bits per heavy atom. The molecule has 0 saturated heterocycles. The fourth-order valence-corrected chi connectivity index (χ4v) is 3.38. The van der Waals surface area contributed by atoms with Gasteiger partial charge in [-0.15, -0.1) is 0 Å². The molecule has 0 spiro atoms. The number of hydrogen-bond acceptors (Lipinski definition) is 4. The van der Waals surface area contributed by atoms with Crippen LogP contribution in [0.4, 0.5) is 4.39 Å². The molecule has 110 valence electrons. The molecule has 1 atom stereocenters. The minimum atomic E-state index is -4.02. The molecule has 0 unspecified atom stereocenters. The summed E-state index contributed by atoms with van der Waals surface area (Å²) < 4.78 is 45.0. The van der Waals surface area contributed by atoms with Gasteiger partial charge in [-0.3, -0.25) is 0 Å². The third-order valence-electron chi connectivity index (χ3n) is 3.24. The minimum absolute atomic E-state index is 0.356. The summed E-state index contributed by atoms with van der Waals surface area (Å²) in [7, 11) is -2.66. The highest BCUT2D eigenvalue weighted by Crippen LogP contribution is 2.28. The molecule has 0 aliphatic rings. The first kappa shape index (κ1) is 15.2. The van der Waals surface area contributed by atoms with E-state index in [1.807, 2.05) is 0 Å². The number of furan rings is 1. The van der Waals surface area contributed by atoms with E-state index >= 15 is 0 Å². The van der Waals surface area contributed by atoms with E-state index in [2.05, 4.69) is 0 Å². The number of hydrogen-bond donors (Lipinski definition) is 0. The SMILES string of the molecule is C[C@H](c1ccco1)N(C)S(=O)(=O)c1cccc(F)c1C#N. The number of benzene rings is 1. The minimum Gasteiger partial charge on any atom is -0.468 e. The first-order chi connectivity index (χ1) is 9.89. The van der Waals surface area contributed by atoms with Crippen molar-refractivity contribution < 1.29 is 17.2 Å². The van der Waals surface area contributed by atoms with Gasteiger partial charge in [-0.25, -0.2) is 12.8 Å². The van der Waals surface area contributed by atoms with Gasteiger partial charge in [-0.2, -0.15) is 9.57 Å². The average Bonchev–Trinajstić information content (AvgIpc) is 2.99. The van der Waals surface area contributed by atoms with Gasteiger partial charge in [0.15, 0.2) is 0 Å². The van der Waals surface area contributed by atoms with Crippen LogP contribution in [0.15, 0.2) is 45.9 Å². The summed E-state index contributed by atoms with van der Waals surface area (Å²) in [6.45, 7) is 1.64. The zero-order chi connectivity index (χ0) is 15.6. The Morgan fingerprint density at radius 3 is 2.62 bits per heavy atom. The van der Waals surface area contributed by atoms with Crippen LogP contribution < -0.4 is 0 Å². The highest BCUT2D eigenvalue weighted by molar-refractivity contribution is 7.89. The number of nitriles is 1. The van der Waals surface area contributed by atoms with Gasteiger partial charge in [0.05, 0.1) is 12.3 Å². The van der Waals surface area contributed by atoms with E-state index in [-0.39, 0.29) is 4.90 Å². The van der Waals surface area contributed by atoms with Crippen molar-refractivity contribution in [2.75, 3.05) is 7.05 Å². The first-order valence-corrected chi connectivity index (χ1v) is 7.53. The van der Waals surface area contributed by atoms with E-state index < -0.39 is 27.4 Å². The Balaban J connectivity index is 2.48. The van der Waals surface area contributed by atoms with Crippen LogP contribution in [-0.4, -0.2) is 19.8 Å². The molecule has 0 aliphatic carbocycles. The molecule has 0 radical (unpaired) electrons. The Kier molecular flexibility index (Phi) is 4.11. The van der Waals surface area contributed by atoms with Gasteiger partial charge in [0, 0.05) is 7.05 Å². The van der Waals surface area contributed by atoms with Gasteiger partial charge in [0.2, 0.25) is 10.0 Å². The van der Waals surface area contributed by atoms with E-state index in [4.69, 9.17) is 9.68 Å². The Bertz CT molecular complexity index is 779. The zero-order valence-electron chi connectivity index (χ0n) is 11.4. The smallest absolute Gasteiger partial charge is 0.244 e. The van der Waals surface area contributed by atoms with E-state index in [0.717, 1.165) is 10.4 Å². The number of halogens is 1. The van der Waals surface area contributed by atoms with Crippen LogP contribution in [-0.2, 0) is 10.0 Å². The van der Waals surface area contributed by atoms with Crippen LogP contribution in [0, 0.1) is 17.1 Å². The van der Waals surface area contributed by atoms with Crippen molar-refractivity contribution in [1.82, 2.24) is 4.31 Å². The highest BCUT2D eigenvalue weighted by atomic mass is 32.2. The van der Waals surface area contributed by atoms with Crippen molar-refractivity contribution in [3.05, 3.63) is 53.7 Å². The molecular weight excluding hydrogens is 295 g/mol. The van der Waals surface area contributed by atoms with E-state index in [1.165, 1.54) is 25.4 Å². The Labute approximate surface area is 122 Å². The van der Waals surface area contributed by atoms with Gasteiger partial charge in [0.25, 0.3) is 0 Å². The standard InChI is InChI=1S/C14H13FN2O3S/c1-10(13-6-4-8-20-13)17(2)21(18,19)14-7-3-5-12(15)11(14)9-16/h3-8,10H,1-2H3/t10-/m1/s1. The molecule has 0 amide bonds. The predicted molar refractivity (Wildman–Crippen MR) is 73.2 cm³/mol. The molecule has 0 saturated carbocycles. The van der Waals surface area contributed by atoms with Gasteiger partial charge < -0.3 is 4.42 Å². The third kappa shape index (κ3) is 2.68. The maximum atomic E-state index is 13.6. The average molecular weight is 308 g/mol. The Hall–Kier alpha value is -2.17. The van der Waals surface area contributed by atoms with Gasteiger partial charge >= 0.3 is 0 Å². The number of sulfonamides is 1. The molecule has 0 aliphatic heterocycles. The van der Waals surface area contributed by atoms with Gasteiger partial charge in [0.1, 0.15) is 28.1 Å². The van der Waals surface area contributed by atoms with Crippen molar-refractivity contribution in [3.63, 3.8) is 0 Å². The Morgan fingerprint density at radius 2 is 2.05 bits per heavy atom. The second-order valence-electron chi connectivity index (χ2n) is 4.44. The van der Waals surface area contributed by atoms with Crippen molar-refractivity contribution in [2.45, 2.75) is 17.9 Å². The van der Waals surface area contributed by atoms with Crippen LogP contribution in [0.25, 0.3) is 0 Å². The molecule has 1 aromatic heterocycles. The molecule has 0 fully saturated rings. The largest absolute Gasteiger partial charge is 0.468 e. The maximum absolute atomic E-state index is 13.6. The maximum Gasteiger partial charge on any atom is 0.244 e. The second-order valence-corrected chi connectivity index (χ2v) is 6.40. The number of rotatable bonds is 4.